The van der Waals surface area contributed by atoms with Crippen molar-refractivity contribution in [2.75, 3.05) is 6.61 Å². The van der Waals surface area contributed by atoms with E-state index < -0.39 is 0 Å². The van der Waals surface area contributed by atoms with Gasteiger partial charge in [0.2, 0.25) is 5.91 Å². The van der Waals surface area contributed by atoms with E-state index in [0.29, 0.717) is 31.7 Å². The van der Waals surface area contributed by atoms with Gasteiger partial charge in [-0.2, -0.15) is 0 Å². The number of nitrogens with zero attached hydrogens (tertiary/aromatic N) is 1. The van der Waals surface area contributed by atoms with Crippen molar-refractivity contribution in [1.29, 1.82) is 0 Å². The molecular weight excluding hydrogens is 261 g/mol. The van der Waals surface area contributed by atoms with Crippen molar-refractivity contribution in [2.24, 2.45) is 0 Å². The van der Waals surface area contributed by atoms with Crippen molar-refractivity contribution in [3.05, 3.63) is 48.3 Å². The minimum Gasteiger partial charge on any atom is -0.494 e. The zero-order chi connectivity index (χ0) is 14.2. The Kier molecular flexibility index (Phi) is 5.11. The molecule has 0 saturated carbocycles. The molecule has 0 saturated heterocycles. The van der Waals surface area contributed by atoms with Crippen LogP contribution >= 0.6 is 0 Å². The Hall–Kier alpha value is -2.37. The molecule has 0 spiro atoms. The molecule has 5 nitrogen and oxygen atoms in total. The summed E-state index contributed by atoms with van der Waals surface area (Å²) in [5, 5.41) is 2.78. The molecule has 2 rings (SSSR count). The number of imidazole rings is 1. The molecule has 0 aliphatic heterocycles. The third kappa shape index (κ3) is 4.72. The first-order chi connectivity index (χ1) is 9.74. The minimum absolute atomic E-state index is 0.0395. The van der Waals surface area contributed by atoms with Crippen molar-refractivity contribution < 1.29 is 13.9 Å². The maximum atomic E-state index is 12.7. The fourth-order valence-corrected chi connectivity index (χ4v) is 1.62. The van der Waals surface area contributed by atoms with Crippen LogP contribution in [0.5, 0.6) is 5.75 Å². The number of benzene rings is 1. The van der Waals surface area contributed by atoms with Gasteiger partial charge in [-0.25, -0.2) is 9.37 Å². The van der Waals surface area contributed by atoms with E-state index >= 15 is 0 Å². The molecule has 1 heterocycles. The number of halogens is 1. The fraction of sp³-hybridized carbons (Fsp3) is 0.286. The maximum Gasteiger partial charge on any atom is 0.220 e. The molecule has 20 heavy (non-hydrogen) atoms. The number of carbonyl (C=O) groups excluding carboxylic acids is 1. The molecule has 0 unspecified atom stereocenters. The van der Waals surface area contributed by atoms with Gasteiger partial charge < -0.3 is 15.0 Å². The van der Waals surface area contributed by atoms with Gasteiger partial charge in [0.1, 0.15) is 11.6 Å². The minimum atomic E-state index is -0.296. The molecule has 0 aliphatic rings. The lowest BCUT2D eigenvalue weighted by molar-refractivity contribution is -0.121. The van der Waals surface area contributed by atoms with Crippen LogP contribution < -0.4 is 10.1 Å². The molecule has 106 valence electrons. The Morgan fingerprint density at radius 3 is 2.85 bits per heavy atom. The van der Waals surface area contributed by atoms with Gasteiger partial charge in [0.15, 0.2) is 0 Å². The van der Waals surface area contributed by atoms with Gasteiger partial charge in [-0.1, -0.05) is 0 Å². The molecule has 2 N–H and O–H groups in total. The zero-order valence-electron chi connectivity index (χ0n) is 10.9. The largest absolute Gasteiger partial charge is 0.494 e. The van der Waals surface area contributed by atoms with Crippen LogP contribution in [0.2, 0.25) is 0 Å². The number of aromatic nitrogens is 2. The number of amides is 1. The smallest absolute Gasteiger partial charge is 0.220 e. The summed E-state index contributed by atoms with van der Waals surface area (Å²) < 4.78 is 18.1. The Morgan fingerprint density at radius 1 is 1.35 bits per heavy atom. The Labute approximate surface area is 116 Å². The zero-order valence-corrected chi connectivity index (χ0v) is 10.9. The summed E-state index contributed by atoms with van der Waals surface area (Å²) in [5.74, 6) is 0.266. The first-order valence-electron chi connectivity index (χ1n) is 6.36. The van der Waals surface area contributed by atoms with E-state index in [9.17, 15) is 9.18 Å². The van der Waals surface area contributed by atoms with Crippen LogP contribution in [-0.4, -0.2) is 22.5 Å². The summed E-state index contributed by atoms with van der Waals surface area (Å²) in [7, 11) is 0. The van der Waals surface area contributed by atoms with Gasteiger partial charge >= 0.3 is 0 Å². The first kappa shape index (κ1) is 14.0. The molecule has 1 aromatic carbocycles. The summed E-state index contributed by atoms with van der Waals surface area (Å²) in [4.78, 5) is 18.3. The molecule has 0 aliphatic carbocycles. The normalized spacial score (nSPS) is 10.2. The van der Waals surface area contributed by atoms with Crippen LogP contribution in [0.25, 0.3) is 0 Å². The van der Waals surface area contributed by atoms with E-state index in [4.69, 9.17) is 4.74 Å². The van der Waals surface area contributed by atoms with E-state index in [2.05, 4.69) is 15.3 Å². The van der Waals surface area contributed by atoms with Crippen LogP contribution in [0.4, 0.5) is 4.39 Å². The van der Waals surface area contributed by atoms with Gasteiger partial charge in [-0.15, -0.1) is 0 Å². The van der Waals surface area contributed by atoms with Crippen molar-refractivity contribution in [3.8, 4) is 5.75 Å². The van der Waals surface area contributed by atoms with Crippen molar-refractivity contribution >= 4 is 5.91 Å². The molecule has 0 atom stereocenters. The topological polar surface area (TPSA) is 67.0 Å². The lowest BCUT2D eigenvalue weighted by Gasteiger charge is -2.06. The molecule has 1 amide bonds. The maximum absolute atomic E-state index is 12.7. The predicted molar refractivity (Wildman–Crippen MR) is 71.6 cm³/mol. The number of aromatic amines is 1. The van der Waals surface area contributed by atoms with Crippen LogP contribution in [0.3, 0.4) is 0 Å². The average molecular weight is 277 g/mol. The highest BCUT2D eigenvalue weighted by Crippen LogP contribution is 2.11. The first-order valence-corrected chi connectivity index (χ1v) is 6.36. The van der Waals surface area contributed by atoms with Crippen LogP contribution in [-0.2, 0) is 11.3 Å². The van der Waals surface area contributed by atoms with E-state index in [1.165, 1.54) is 12.1 Å². The molecule has 0 fully saturated rings. The number of hydrogen-bond acceptors (Lipinski definition) is 3. The lowest BCUT2D eigenvalue weighted by Crippen LogP contribution is -2.23. The van der Waals surface area contributed by atoms with Crippen molar-refractivity contribution in [2.45, 2.75) is 19.4 Å². The molecule has 0 radical (unpaired) electrons. The summed E-state index contributed by atoms with van der Waals surface area (Å²) >= 11 is 0. The molecule has 1 aromatic heterocycles. The number of hydrogen-bond donors (Lipinski definition) is 2. The van der Waals surface area contributed by atoms with E-state index in [-0.39, 0.29) is 11.7 Å². The highest BCUT2D eigenvalue weighted by molar-refractivity contribution is 5.75. The number of H-pyrrole nitrogens is 1. The number of rotatable bonds is 7. The van der Waals surface area contributed by atoms with Gasteiger partial charge in [-0.05, 0) is 30.7 Å². The van der Waals surface area contributed by atoms with Crippen molar-refractivity contribution in [1.82, 2.24) is 15.3 Å². The molecular formula is C14H16FN3O2. The standard InChI is InChI=1S/C14H16FN3O2/c15-11-3-5-13(6-4-11)20-7-1-2-14(19)17-9-12-8-16-10-18-12/h3-6,8,10H,1-2,7,9H2,(H,16,18)(H,17,19). The summed E-state index contributed by atoms with van der Waals surface area (Å²) in [5.41, 5.74) is 0.862. The summed E-state index contributed by atoms with van der Waals surface area (Å²) in [6.07, 6.45) is 4.22. The Balaban J connectivity index is 1.58. The Morgan fingerprint density at radius 2 is 2.15 bits per heavy atom. The van der Waals surface area contributed by atoms with Crippen LogP contribution in [0.15, 0.2) is 36.8 Å². The molecule has 0 bridgehead atoms. The summed E-state index contributed by atoms with van der Waals surface area (Å²) in [6, 6.07) is 5.81. The Bertz CT molecular complexity index is 526. The monoisotopic (exact) mass is 277 g/mol. The number of carbonyl (C=O) groups is 1. The highest BCUT2D eigenvalue weighted by atomic mass is 19.1. The van der Waals surface area contributed by atoms with Crippen LogP contribution in [0, 0.1) is 5.82 Å². The molecule has 2 aromatic rings. The van der Waals surface area contributed by atoms with Gasteiger partial charge in [-0.3, -0.25) is 4.79 Å². The van der Waals surface area contributed by atoms with Gasteiger partial charge in [0.25, 0.3) is 0 Å². The van der Waals surface area contributed by atoms with E-state index in [1.807, 2.05) is 0 Å². The van der Waals surface area contributed by atoms with Gasteiger partial charge in [0.05, 0.1) is 25.2 Å². The second-order valence-electron chi connectivity index (χ2n) is 4.26. The second-order valence-corrected chi connectivity index (χ2v) is 4.26. The number of ether oxygens (including phenoxy) is 1. The second kappa shape index (κ2) is 7.28. The predicted octanol–water partition coefficient (Wildman–Crippen LogP) is 2.02. The van der Waals surface area contributed by atoms with Gasteiger partial charge in [0, 0.05) is 12.6 Å². The number of nitrogens with one attached hydrogen (secondary N) is 2. The van der Waals surface area contributed by atoms with Crippen molar-refractivity contribution in [3.63, 3.8) is 0 Å². The average Bonchev–Trinajstić information content (AvgIpc) is 2.96. The fourth-order valence-electron chi connectivity index (χ4n) is 1.62. The highest BCUT2D eigenvalue weighted by Gasteiger charge is 2.02. The van der Waals surface area contributed by atoms with E-state index in [1.54, 1.807) is 24.7 Å². The SMILES string of the molecule is O=C(CCCOc1ccc(F)cc1)NCc1cnc[nH]1. The molecule has 6 heteroatoms. The lowest BCUT2D eigenvalue weighted by atomic mass is 10.3. The van der Waals surface area contributed by atoms with E-state index in [0.717, 1.165) is 5.69 Å². The van der Waals surface area contributed by atoms with Crippen LogP contribution in [0.1, 0.15) is 18.5 Å². The third-order valence-electron chi connectivity index (χ3n) is 2.66. The third-order valence-corrected chi connectivity index (χ3v) is 2.66. The summed E-state index contributed by atoms with van der Waals surface area (Å²) in [6.45, 7) is 0.862. The quantitative estimate of drug-likeness (QED) is 0.761.